The Labute approximate surface area is 104 Å². The molecule has 1 rings (SSSR count). The highest BCUT2D eigenvalue weighted by Crippen LogP contribution is 2.08. The summed E-state index contributed by atoms with van der Waals surface area (Å²) in [6.07, 6.45) is 4.54. The Morgan fingerprint density at radius 1 is 1.19 bits per heavy atom. The molecule has 0 fully saturated rings. The summed E-state index contributed by atoms with van der Waals surface area (Å²) in [4.78, 5) is 0. The molecule has 0 aliphatic carbocycles. The van der Waals surface area contributed by atoms with E-state index in [-0.39, 0.29) is 0 Å². The molecule has 0 amide bonds. The van der Waals surface area contributed by atoms with E-state index < -0.39 is 0 Å². The van der Waals surface area contributed by atoms with Crippen LogP contribution < -0.4 is 5.32 Å². The van der Waals surface area contributed by atoms with Crippen LogP contribution in [0.1, 0.15) is 31.4 Å². The molecule has 0 aromatic heterocycles. The fourth-order valence-electron chi connectivity index (χ4n) is 1.55. The highest BCUT2D eigenvalue weighted by Gasteiger charge is 1.98. The van der Waals surface area contributed by atoms with Crippen molar-refractivity contribution in [3.63, 3.8) is 0 Å². The van der Waals surface area contributed by atoms with Gasteiger partial charge in [0.05, 0.1) is 0 Å². The lowest BCUT2D eigenvalue weighted by Gasteiger charge is -2.09. The van der Waals surface area contributed by atoms with Gasteiger partial charge in [-0.3, -0.25) is 0 Å². The van der Waals surface area contributed by atoms with E-state index in [1.807, 2.05) is 11.8 Å². The van der Waals surface area contributed by atoms with Crippen molar-refractivity contribution in [2.75, 3.05) is 12.8 Å². The Morgan fingerprint density at radius 2 is 1.81 bits per heavy atom. The molecule has 0 saturated heterocycles. The number of hydrogen-bond donors (Lipinski definition) is 1. The molecule has 1 unspecified atom stereocenters. The topological polar surface area (TPSA) is 12.0 Å². The van der Waals surface area contributed by atoms with Crippen LogP contribution in [-0.2, 0) is 13.0 Å². The van der Waals surface area contributed by atoms with Gasteiger partial charge in [0.25, 0.3) is 0 Å². The molecule has 16 heavy (non-hydrogen) atoms. The third kappa shape index (κ3) is 5.04. The van der Waals surface area contributed by atoms with Crippen LogP contribution in [0.2, 0.25) is 0 Å². The largest absolute Gasteiger partial charge is 0.313 e. The predicted molar refractivity (Wildman–Crippen MR) is 75.1 cm³/mol. The van der Waals surface area contributed by atoms with Crippen molar-refractivity contribution in [3.05, 3.63) is 35.4 Å². The van der Waals surface area contributed by atoms with Crippen molar-refractivity contribution in [2.45, 2.75) is 38.5 Å². The smallest absolute Gasteiger partial charge is 0.0205 e. The first kappa shape index (κ1) is 13.6. The molecule has 0 aliphatic rings. The van der Waals surface area contributed by atoms with Crippen molar-refractivity contribution in [1.29, 1.82) is 0 Å². The van der Waals surface area contributed by atoms with E-state index in [1.165, 1.54) is 17.5 Å². The van der Waals surface area contributed by atoms with Crippen molar-refractivity contribution in [2.24, 2.45) is 0 Å². The molecule has 1 nitrogen and oxygen atoms in total. The van der Waals surface area contributed by atoms with Crippen LogP contribution in [-0.4, -0.2) is 18.1 Å². The minimum Gasteiger partial charge on any atom is -0.313 e. The number of rotatable bonds is 7. The van der Waals surface area contributed by atoms with Gasteiger partial charge in [0, 0.05) is 11.8 Å². The van der Waals surface area contributed by atoms with Crippen LogP contribution >= 0.6 is 11.8 Å². The van der Waals surface area contributed by atoms with E-state index in [4.69, 9.17) is 0 Å². The van der Waals surface area contributed by atoms with Gasteiger partial charge in [-0.2, -0.15) is 11.8 Å². The quantitative estimate of drug-likeness (QED) is 0.729. The van der Waals surface area contributed by atoms with Gasteiger partial charge < -0.3 is 5.32 Å². The molecule has 0 heterocycles. The Bertz CT molecular complexity index is 281. The Kier molecular flexibility index (Phi) is 6.58. The zero-order valence-electron chi connectivity index (χ0n) is 10.6. The molecule has 1 N–H and O–H groups in total. The van der Waals surface area contributed by atoms with Gasteiger partial charge in [-0.15, -0.1) is 0 Å². The number of benzene rings is 1. The van der Waals surface area contributed by atoms with Gasteiger partial charge in [-0.25, -0.2) is 0 Å². The monoisotopic (exact) mass is 237 g/mol. The molecule has 90 valence electrons. The minimum atomic E-state index is 0.759. The normalized spacial score (nSPS) is 12.7. The maximum atomic E-state index is 3.49. The summed E-state index contributed by atoms with van der Waals surface area (Å²) >= 11 is 1.94. The van der Waals surface area contributed by atoms with E-state index in [1.54, 1.807) is 0 Å². The van der Waals surface area contributed by atoms with Gasteiger partial charge in [0.1, 0.15) is 0 Å². The molecule has 1 atom stereocenters. The van der Waals surface area contributed by atoms with E-state index in [0.717, 1.165) is 24.8 Å². The van der Waals surface area contributed by atoms with E-state index >= 15 is 0 Å². The first-order valence-corrected chi connectivity index (χ1v) is 7.36. The molecule has 1 aromatic rings. The van der Waals surface area contributed by atoms with E-state index in [0.29, 0.717) is 0 Å². The van der Waals surface area contributed by atoms with Crippen molar-refractivity contribution in [1.82, 2.24) is 5.32 Å². The van der Waals surface area contributed by atoms with Crippen molar-refractivity contribution < 1.29 is 0 Å². The minimum absolute atomic E-state index is 0.759. The second-order valence-corrected chi connectivity index (χ2v) is 5.46. The summed E-state index contributed by atoms with van der Waals surface area (Å²) in [6, 6.07) is 8.90. The van der Waals surface area contributed by atoms with Crippen LogP contribution in [0, 0.1) is 0 Å². The molecular weight excluding hydrogens is 214 g/mol. The summed E-state index contributed by atoms with van der Waals surface area (Å²) < 4.78 is 0. The molecule has 0 saturated carbocycles. The van der Waals surface area contributed by atoms with Crippen LogP contribution in [0.4, 0.5) is 0 Å². The molecule has 0 bridgehead atoms. The van der Waals surface area contributed by atoms with Crippen molar-refractivity contribution in [3.8, 4) is 0 Å². The van der Waals surface area contributed by atoms with Crippen LogP contribution in [0.5, 0.6) is 0 Å². The zero-order valence-corrected chi connectivity index (χ0v) is 11.4. The average molecular weight is 237 g/mol. The Hall–Kier alpha value is -0.470. The second kappa shape index (κ2) is 7.75. The number of hydrogen-bond acceptors (Lipinski definition) is 2. The van der Waals surface area contributed by atoms with Gasteiger partial charge in [-0.05, 0) is 36.8 Å². The lowest BCUT2D eigenvalue weighted by Crippen LogP contribution is -2.17. The van der Waals surface area contributed by atoms with Gasteiger partial charge in [-0.1, -0.05) is 38.1 Å². The summed E-state index contributed by atoms with van der Waals surface area (Å²) in [5.41, 5.74) is 2.80. The maximum absolute atomic E-state index is 3.49. The molecule has 1 aromatic carbocycles. The highest BCUT2D eigenvalue weighted by atomic mass is 32.2. The number of thioether (sulfide) groups is 1. The van der Waals surface area contributed by atoms with Crippen LogP contribution in [0.3, 0.4) is 0 Å². The summed E-state index contributed by atoms with van der Waals surface area (Å²) in [7, 11) is 0. The molecule has 0 aliphatic heterocycles. The van der Waals surface area contributed by atoms with Gasteiger partial charge in [0.2, 0.25) is 0 Å². The van der Waals surface area contributed by atoms with Gasteiger partial charge in [0.15, 0.2) is 0 Å². The lowest BCUT2D eigenvalue weighted by molar-refractivity contribution is 0.648. The zero-order chi connectivity index (χ0) is 11.8. The molecule has 2 heteroatoms. The molecule has 0 spiro atoms. The third-order valence-corrected chi connectivity index (χ3v) is 3.93. The van der Waals surface area contributed by atoms with Crippen LogP contribution in [0.15, 0.2) is 24.3 Å². The fourth-order valence-corrected chi connectivity index (χ4v) is 1.90. The molecular formula is C14H23NS. The van der Waals surface area contributed by atoms with Crippen LogP contribution in [0.25, 0.3) is 0 Å². The first-order valence-electron chi connectivity index (χ1n) is 6.07. The maximum Gasteiger partial charge on any atom is 0.0205 e. The molecule has 0 radical (unpaired) electrons. The standard InChI is InChI=1S/C14H23NS/c1-4-13-5-7-14(8-6-13)11-15-10-9-12(2)16-3/h5-8,12,15H,4,9-11H2,1-3H3. The Morgan fingerprint density at radius 3 is 2.38 bits per heavy atom. The first-order chi connectivity index (χ1) is 7.76. The predicted octanol–water partition coefficient (Wildman–Crippen LogP) is 3.48. The number of nitrogens with one attached hydrogen (secondary N) is 1. The van der Waals surface area contributed by atoms with Crippen molar-refractivity contribution >= 4 is 11.8 Å². The third-order valence-electron chi connectivity index (χ3n) is 2.89. The summed E-state index contributed by atoms with van der Waals surface area (Å²) in [5.74, 6) is 0. The lowest BCUT2D eigenvalue weighted by atomic mass is 10.1. The average Bonchev–Trinajstić information content (AvgIpc) is 2.35. The SMILES string of the molecule is CCc1ccc(CNCCC(C)SC)cc1. The second-order valence-electron chi connectivity index (χ2n) is 4.18. The number of aryl methyl sites for hydroxylation is 1. The van der Waals surface area contributed by atoms with E-state index in [2.05, 4.69) is 49.7 Å². The fraction of sp³-hybridized carbons (Fsp3) is 0.571. The van der Waals surface area contributed by atoms with Gasteiger partial charge >= 0.3 is 0 Å². The summed E-state index contributed by atoms with van der Waals surface area (Å²) in [6.45, 7) is 6.57. The highest BCUT2D eigenvalue weighted by molar-refractivity contribution is 7.99. The summed E-state index contributed by atoms with van der Waals surface area (Å²) in [5, 5.41) is 4.25. The van der Waals surface area contributed by atoms with E-state index in [9.17, 15) is 0 Å². The Balaban J connectivity index is 2.21.